The first kappa shape index (κ1) is 15.4. The monoisotopic (exact) mass is 322 g/mol. The zero-order valence-corrected chi connectivity index (χ0v) is 13.3. The lowest BCUT2D eigenvalue weighted by Crippen LogP contribution is -2.41. The van der Waals surface area contributed by atoms with Crippen LogP contribution in [0.4, 0.5) is 4.39 Å². The van der Waals surface area contributed by atoms with Gasteiger partial charge in [0.2, 0.25) is 0 Å². The average Bonchev–Trinajstić information content (AvgIpc) is 2.91. The van der Waals surface area contributed by atoms with Gasteiger partial charge in [-0.3, -0.25) is 0 Å². The summed E-state index contributed by atoms with van der Waals surface area (Å²) >= 11 is 4.98. The SMILES string of the molecule is CC(=S)OCCC1(c2noc3cc(F)ccc23)CCNCC1. The Bertz CT molecular complexity index is 680. The van der Waals surface area contributed by atoms with Crippen LogP contribution >= 0.6 is 12.2 Å². The normalized spacial score (nSPS) is 17.5. The van der Waals surface area contributed by atoms with Crippen LogP contribution in [-0.4, -0.2) is 29.9 Å². The van der Waals surface area contributed by atoms with Crippen molar-refractivity contribution >= 4 is 28.2 Å². The second-order valence-corrected chi connectivity index (χ2v) is 6.37. The maximum absolute atomic E-state index is 13.3. The zero-order valence-electron chi connectivity index (χ0n) is 12.5. The van der Waals surface area contributed by atoms with Crippen molar-refractivity contribution in [3.63, 3.8) is 0 Å². The van der Waals surface area contributed by atoms with Crippen LogP contribution in [-0.2, 0) is 10.2 Å². The van der Waals surface area contributed by atoms with Gasteiger partial charge in [0.25, 0.3) is 0 Å². The highest BCUT2D eigenvalue weighted by atomic mass is 32.1. The minimum absolute atomic E-state index is 0.112. The molecule has 0 aliphatic carbocycles. The molecule has 22 heavy (non-hydrogen) atoms. The van der Waals surface area contributed by atoms with Crippen molar-refractivity contribution < 1.29 is 13.7 Å². The molecule has 0 saturated carbocycles. The van der Waals surface area contributed by atoms with E-state index in [0.29, 0.717) is 17.2 Å². The molecule has 118 valence electrons. The van der Waals surface area contributed by atoms with Gasteiger partial charge in [0.1, 0.15) is 5.82 Å². The Morgan fingerprint density at radius 2 is 2.23 bits per heavy atom. The third kappa shape index (κ3) is 2.98. The molecule has 1 aromatic heterocycles. The summed E-state index contributed by atoms with van der Waals surface area (Å²) in [4.78, 5) is 0. The van der Waals surface area contributed by atoms with Crippen LogP contribution in [0.15, 0.2) is 22.7 Å². The van der Waals surface area contributed by atoms with Gasteiger partial charge >= 0.3 is 0 Å². The molecular formula is C16H19FN2O2S. The predicted octanol–water partition coefficient (Wildman–Crippen LogP) is 3.34. The first-order valence-electron chi connectivity index (χ1n) is 7.50. The highest BCUT2D eigenvalue weighted by molar-refractivity contribution is 7.80. The summed E-state index contributed by atoms with van der Waals surface area (Å²) in [6.07, 6.45) is 2.72. The van der Waals surface area contributed by atoms with E-state index in [0.717, 1.165) is 43.4 Å². The van der Waals surface area contributed by atoms with Crippen molar-refractivity contribution in [1.29, 1.82) is 0 Å². The number of rotatable bonds is 4. The molecular weight excluding hydrogens is 303 g/mol. The van der Waals surface area contributed by atoms with Crippen molar-refractivity contribution in [3.8, 4) is 0 Å². The van der Waals surface area contributed by atoms with Crippen LogP contribution in [0.3, 0.4) is 0 Å². The highest BCUT2D eigenvalue weighted by Gasteiger charge is 2.38. The number of aromatic nitrogens is 1. The second kappa shape index (κ2) is 6.30. The van der Waals surface area contributed by atoms with Crippen LogP contribution in [0, 0.1) is 5.82 Å². The average molecular weight is 322 g/mol. The molecule has 1 N–H and O–H groups in total. The summed E-state index contributed by atoms with van der Waals surface area (Å²) in [5.41, 5.74) is 1.30. The van der Waals surface area contributed by atoms with Crippen LogP contribution in [0.5, 0.6) is 0 Å². The number of hydrogen-bond acceptors (Lipinski definition) is 5. The van der Waals surface area contributed by atoms with Crippen LogP contribution in [0.2, 0.25) is 0 Å². The molecule has 0 atom stereocenters. The lowest BCUT2D eigenvalue weighted by Gasteiger charge is -2.36. The van der Waals surface area contributed by atoms with E-state index in [9.17, 15) is 4.39 Å². The topological polar surface area (TPSA) is 47.3 Å². The van der Waals surface area contributed by atoms with Crippen molar-refractivity contribution in [2.24, 2.45) is 0 Å². The maximum atomic E-state index is 13.3. The molecule has 4 nitrogen and oxygen atoms in total. The number of nitrogens with zero attached hydrogens (tertiary/aromatic N) is 1. The summed E-state index contributed by atoms with van der Waals surface area (Å²) in [7, 11) is 0. The molecule has 1 saturated heterocycles. The van der Waals surface area contributed by atoms with E-state index in [1.165, 1.54) is 12.1 Å². The largest absolute Gasteiger partial charge is 0.487 e. The quantitative estimate of drug-likeness (QED) is 0.875. The Kier molecular flexibility index (Phi) is 4.40. The number of nitrogens with one attached hydrogen (secondary N) is 1. The fraction of sp³-hybridized carbons (Fsp3) is 0.500. The van der Waals surface area contributed by atoms with Gasteiger partial charge in [-0.05, 0) is 56.7 Å². The van der Waals surface area contributed by atoms with E-state index >= 15 is 0 Å². The summed E-state index contributed by atoms with van der Waals surface area (Å²) in [5.74, 6) is -0.311. The summed E-state index contributed by atoms with van der Waals surface area (Å²) in [5, 5.41) is 9.09. The number of benzene rings is 1. The predicted molar refractivity (Wildman–Crippen MR) is 86.6 cm³/mol. The standard InChI is InChI=1S/C16H19FN2O2S/c1-11(22)20-9-6-16(4-7-18-8-5-16)15-13-3-2-12(17)10-14(13)21-19-15/h2-3,10,18H,4-9H2,1H3. The zero-order chi connectivity index (χ0) is 15.6. The van der Waals surface area contributed by atoms with Crippen molar-refractivity contribution in [2.75, 3.05) is 19.7 Å². The number of piperidine rings is 1. The molecule has 1 aliphatic rings. The third-order valence-corrected chi connectivity index (χ3v) is 4.50. The van der Waals surface area contributed by atoms with Crippen LogP contribution in [0.25, 0.3) is 11.0 Å². The van der Waals surface area contributed by atoms with E-state index in [-0.39, 0.29) is 11.2 Å². The second-order valence-electron chi connectivity index (χ2n) is 5.79. The minimum atomic E-state index is -0.311. The number of fused-ring (bicyclic) bond motifs is 1. The number of thiocarbonyl (C=S) groups is 1. The summed E-state index contributed by atoms with van der Waals surface area (Å²) < 4.78 is 24.2. The highest BCUT2D eigenvalue weighted by Crippen LogP contribution is 2.40. The molecule has 0 spiro atoms. The van der Waals surface area contributed by atoms with Gasteiger partial charge in [-0.2, -0.15) is 0 Å². The van der Waals surface area contributed by atoms with E-state index < -0.39 is 0 Å². The molecule has 2 aromatic rings. The molecule has 1 aliphatic heterocycles. The Morgan fingerprint density at radius 1 is 1.45 bits per heavy atom. The summed E-state index contributed by atoms with van der Waals surface area (Å²) in [6.45, 7) is 4.18. The molecule has 2 heterocycles. The van der Waals surface area contributed by atoms with E-state index in [4.69, 9.17) is 21.5 Å². The van der Waals surface area contributed by atoms with E-state index in [1.807, 2.05) is 0 Å². The van der Waals surface area contributed by atoms with Crippen molar-refractivity contribution in [2.45, 2.75) is 31.6 Å². The first-order chi connectivity index (χ1) is 10.6. The fourth-order valence-electron chi connectivity index (χ4n) is 3.19. The molecule has 0 bridgehead atoms. The van der Waals surface area contributed by atoms with Gasteiger partial charge in [-0.1, -0.05) is 5.16 Å². The third-order valence-electron chi connectivity index (χ3n) is 4.38. The Hall–Kier alpha value is -1.53. The Labute approximate surface area is 134 Å². The smallest absolute Gasteiger partial charge is 0.170 e. The fourth-order valence-corrected chi connectivity index (χ4v) is 3.28. The van der Waals surface area contributed by atoms with Gasteiger partial charge in [-0.25, -0.2) is 4.39 Å². The number of halogens is 1. The van der Waals surface area contributed by atoms with Gasteiger partial charge < -0.3 is 14.6 Å². The molecule has 0 amide bonds. The lowest BCUT2D eigenvalue weighted by atomic mass is 9.73. The number of hydrogen-bond donors (Lipinski definition) is 1. The maximum Gasteiger partial charge on any atom is 0.170 e. The Morgan fingerprint density at radius 3 is 2.95 bits per heavy atom. The number of ether oxygens (including phenoxy) is 1. The van der Waals surface area contributed by atoms with E-state index in [2.05, 4.69) is 10.5 Å². The molecule has 0 unspecified atom stereocenters. The van der Waals surface area contributed by atoms with Crippen molar-refractivity contribution in [3.05, 3.63) is 29.7 Å². The van der Waals surface area contributed by atoms with Gasteiger partial charge in [0.15, 0.2) is 10.6 Å². The molecule has 0 radical (unpaired) electrons. The molecule has 1 aromatic carbocycles. The van der Waals surface area contributed by atoms with Gasteiger partial charge in [0, 0.05) is 23.8 Å². The van der Waals surface area contributed by atoms with Gasteiger partial charge in [-0.15, -0.1) is 0 Å². The molecule has 1 fully saturated rings. The molecule has 6 heteroatoms. The Balaban J connectivity index is 1.94. The lowest BCUT2D eigenvalue weighted by molar-refractivity contribution is 0.205. The van der Waals surface area contributed by atoms with Crippen molar-refractivity contribution in [1.82, 2.24) is 10.5 Å². The minimum Gasteiger partial charge on any atom is -0.487 e. The van der Waals surface area contributed by atoms with Crippen LogP contribution in [0.1, 0.15) is 31.9 Å². The first-order valence-corrected chi connectivity index (χ1v) is 7.91. The molecule has 3 rings (SSSR count). The van der Waals surface area contributed by atoms with Crippen LogP contribution < -0.4 is 5.32 Å². The summed E-state index contributed by atoms with van der Waals surface area (Å²) in [6, 6.07) is 4.60. The van der Waals surface area contributed by atoms with Gasteiger partial charge in [0.05, 0.1) is 12.3 Å². The van der Waals surface area contributed by atoms with E-state index in [1.54, 1.807) is 13.0 Å².